The van der Waals surface area contributed by atoms with Crippen molar-refractivity contribution in [2.75, 3.05) is 13.2 Å². The maximum atomic E-state index is 12.9. The average Bonchev–Trinajstić information content (AvgIpc) is 3.11. The molecule has 9 nitrogen and oxygen atoms in total. The summed E-state index contributed by atoms with van der Waals surface area (Å²) >= 11 is 0. The van der Waals surface area contributed by atoms with Crippen LogP contribution in [0.1, 0.15) is 66.3 Å². The molecule has 3 amide bonds. The summed E-state index contributed by atoms with van der Waals surface area (Å²) < 4.78 is 5.57. The number of carboxylic acids is 1. The second-order valence-electron chi connectivity index (χ2n) is 9.55. The van der Waals surface area contributed by atoms with Crippen LogP contribution in [0.2, 0.25) is 0 Å². The van der Waals surface area contributed by atoms with Gasteiger partial charge < -0.3 is 15.2 Å². The van der Waals surface area contributed by atoms with Crippen LogP contribution in [0.25, 0.3) is 0 Å². The van der Waals surface area contributed by atoms with Crippen molar-refractivity contribution >= 4 is 23.7 Å². The Balaban J connectivity index is 1.65. The van der Waals surface area contributed by atoms with Gasteiger partial charge >= 0.3 is 5.97 Å². The van der Waals surface area contributed by atoms with Crippen molar-refractivity contribution in [3.63, 3.8) is 0 Å². The minimum Gasteiger partial charge on any atom is -0.494 e. The molecule has 1 heterocycles. The molecule has 1 aliphatic heterocycles. The first-order valence-electron chi connectivity index (χ1n) is 12.6. The lowest BCUT2D eigenvalue weighted by atomic mass is 10.0. The highest BCUT2D eigenvalue weighted by Crippen LogP contribution is 2.27. The van der Waals surface area contributed by atoms with E-state index in [1.54, 1.807) is 18.2 Å². The molecular formula is C28H35N3O6. The zero-order valence-corrected chi connectivity index (χ0v) is 21.5. The fourth-order valence-corrected chi connectivity index (χ4v) is 4.19. The minimum absolute atomic E-state index is 0.0411. The number of carbonyl (C=O) groups is 4. The summed E-state index contributed by atoms with van der Waals surface area (Å²) in [5.41, 5.74) is 1.45. The van der Waals surface area contributed by atoms with E-state index in [1.165, 1.54) is 0 Å². The van der Waals surface area contributed by atoms with Crippen LogP contribution in [0.3, 0.4) is 0 Å². The zero-order chi connectivity index (χ0) is 26.9. The number of nitrogens with one attached hydrogen (secondary N) is 2. The van der Waals surface area contributed by atoms with Crippen LogP contribution in [-0.2, 0) is 16.1 Å². The molecule has 3 rings (SSSR count). The summed E-state index contributed by atoms with van der Waals surface area (Å²) in [6.45, 7) is 6.59. The first-order chi connectivity index (χ1) is 17.7. The Morgan fingerprint density at radius 3 is 2.35 bits per heavy atom. The summed E-state index contributed by atoms with van der Waals surface area (Å²) in [7, 11) is 0. The molecule has 2 aromatic carbocycles. The molecule has 0 saturated heterocycles. The van der Waals surface area contributed by atoms with Crippen molar-refractivity contribution in [3.8, 4) is 5.75 Å². The number of carboxylic acid groups (broad SMARTS) is 1. The highest BCUT2D eigenvalue weighted by Gasteiger charge is 2.37. The summed E-state index contributed by atoms with van der Waals surface area (Å²) in [4.78, 5) is 51.8. The normalized spacial score (nSPS) is 14.4. The van der Waals surface area contributed by atoms with Gasteiger partial charge in [0.2, 0.25) is 5.91 Å². The van der Waals surface area contributed by atoms with E-state index in [-0.39, 0.29) is 35.9 Å². The molecule has 3 N–H and O–H groups in total. The van der Waals surface area contributed by atoms with Crippen LogP contribution in [0.4, 0.5) is 0 Å². The molecule has 198 valence electrons. The van der Waals surface area contributed by atoms with Crippen LogP contribution in [0.15, 0.2) is 48.5 Å². The molecule has 0 radical (unpaired) electrons. The van der Waals surface area contributed by atoms with Gasteiger partial charge in [-0.1, -0.05) is 51.1 Å². The van der Waals surface area contributed by atoms with Crippen molar-refractivity contribution in [2.45, 2.75) is 58.7 Å². The third kappa shape index (κ3) is 7.39. The number of fused-ring (bicyclic) bond motifs is 1. The van der Waals surface area contributed by atoms with Gasteiger partial charge in [-0.3, -0.25) is 29.4 Å². The van der Waals surface area contributed by atoms with E-state index in [9.17, 15) is 24.3 Å². The lowest BCUT2D eigenvalue weighted by molar-refractivity contribution is -0.140. The standard InChI is InChI=1S/C28H35N3O6/c1-4-14-37-20-10-11-21-22(16-20)27(34)31(26(21)33)13-12-23(28(35)36)30-24(15-18(2)3)25(32)29-17-19-8-6-5-7-9-19/h5-11,16,18,23-24,30H,4,12-15,17H2,1-3H3,(H,29,32)(H,35,36)/t23-,24+/m1/s1. The molecule has 0 unspecified atom stereocenters. The third-order valence-corrected chi connectivity index (χ3v) is 6.09. The monoisotopic (exact) mass is 509 g/mol. The Kier molecular flexibility index (Phi) is 9.79. The molecule has 0 spiro atoms. The number of imide groups is 1. The van der Waals surface area contributed by atoms with E-state index >= 15 is 0 Å². The van der Waals surface area contributed by atoms with Crippen LogP contribution < -0.4 is 15.4 Å². The predicted molar refractivity (Wildman–Crippen MR) is 138 cm³/mol. The molecule has 0 bridgehead atoms. The van der Waals surface area contributed by atoms with Gasteiger partial charge in [-0.2, -0.15) is 0 Å². The fourth-order valence-electron chi connectivity index (χ4n) is 4.19. The number of hydrogen-bond acceptors (Lipinski definition) is 6. The van der Waals surface area contributed by atoms with Gasteiger partial charge in [-0.15, -0.1) is 0 Å². The number of aliphatic carboxylic acids is 1. The average molecular weight is 510 g/mol. The smallest absolute Gasteiger partial charge is 0.320 e. The van der Waals surface area contributed by atoms with Gasteiger partial charge in [0.25, 0.3) is 11.8 Å². The van der Waals surface area contributed by atoms with Crippen molar-refractivity contribution in [1.29, 1.82) is 0 Å². The van der Waals surface area contributed by atoms with Crippen LogP contribution in [-0.4, -0.2) is 58.9 Å². The number of amides is 3. The maximum Gasteiger partial charge on any atom is 0.320 e. The molecule has 2 aromatic rings. The Labute approximate surface area is 217 Å². The Hall–Kier alpha value is -3.72. The highest BCUT2D eigenvalue weighted by molar-refractivity contribution is 6.21. The molecule has 2 atom stereocenters. The Morgan fingerprint density at radius 2 is 1.70 bits per heavy atom. The van der Waals surface area contributed by atoms with E-state index < -0.39 is 29.9 Å². The van der Waals surface area contributed by atoms with E-state index in [1.807, 2.05) is 51.1 Å². The van der Waals surface area contributed by atoms with Crippen LogP contribution in [0.5, 0.6) is 5.75 Å². The lowest BCUT2D eigenvalue weighted by Gasteiger charge is -2.25. The summed E-state index contributed by atoms with van der Waals surface area (Å²) in [6.07, 6.45) is 1.19. The van der Waals surface area contributed by atoms with Gasteiger partial charge in [0.15, 0.2) is 0 Å². The molecule has 0 fully saturated rings. The molecule has 37 heavy (non-hydrogen) atoms. The Morgan fingerprint density at radius 1 is 1.00 bits per heavy atom. The number of hydrogen-bond donors (Lipinski definition) is 3. The van der Waals surface area contributed by atoms with Crippen molar-refractivity contribution in [3.05, 3.63) is 65.2 Å². The Bertz CT molecular complexity index is 1120. The molecule has 9 heteroatoms. The first kappa shape index (κ1) is 27.9. The van der Waals surface area contributed by atoms with E-state index in [0.717, 1.165) is 16.9 Å². The molecule has 0 saturated carbocycles. The second-order valence-corrected chi connectivity index (χ2v) is 9.55. The molecule has 1 aliphatic rings. The number of nitrogens with zero attached hydrogens (tertiary/aromatic N) is 1. The largest absolute Gasteiger partial charge is 0.494 e. The quantitative estimate of drug-likeness (QED) is 0.334. The zero-order valence-electron chi connectivity index (χ0n) is 21.5. The predicted octanol–water partition coefficient (Wildman–Crippen LogP) is 3.24. The summed E-state index contributed by atoms with van der Waals surface area (Å²) in [5.74, 6) is -1.77. The van der Waals surface area contributed by atoms with Crippen molar-refractivity contribution in [1.82, 2.24) is 15.5 Å². The highest BCUT2D eigenvalue weighted by atomic mass is 16.5. The van der Waals surface area contributed by atoms with E-state index in [4.69, 9.17) is 4.74 Å². The van der Waals surface area contributed by atoms with Gasteiger partial charge in [0.1, 0.15) is 11.8 Å². The second kappa shape index (κ2) is 13.0. The van der Waals surface area contributed by atoms with Crippen LogP contribution in [0, 0.1) is 5.92 Å². The molecule has 0 aliphatic carbocycles. The SMILES string of the molecule is CCCOc1ccc2c(c1)C(=O)N(CC[C@@H](N[C@@H](CC(C)C)C(=O)NCc1ccccc1)C(=O)O)C2=O. The number of carbonyl (C=O) groups excluding carboxylic acids is 3. The number of benzene rings is 2. The summed E-state index contributed by atoms with van der Waals surface area (Å²) in [5, 5.41) is 15.7. The van der Waals surface area contributed by atoms with E-state index in [2.05, 4.69) is 10.6 Å². The van der Waals surface area contributed by atoms with E-state index in [0.29, 0.717) is 25.3 Å². The molecular weight excluding hydrogens is 474 g/mol. The maximum absolute atomic E-state index is 12.9. The molecule has 0 aromatic heterocycles. The fraction of sp³-hybridized carbons (Fsp3) is 0.429. The topological polar surface area (TPSA) is 125 Å². The van der Waals surface area contributed by atoms with Gasteiger partial charge in [-0.25, -0.2) is 0 Å². The van der Waals surface area contributed by atoms with Crippen molar-refractivity contribution < 1.29 is 29.0 Å². The third-order valence-electron chi connectivity index (χ3n) is 6.09. The minimum atomic E-state index is -1.16. The van der Waals surface area contributed by atoms with Gasteiger partial charge in [0.05, 0.1) is 23.8 Å². The summed E-state index contributed by atoms with van der Waals surface area (Å²) in [6, 6.07) is 12.3. The first-order valence-corrected chi connectivity index (χ1v) is 12.6. The number of rotatable bonds is 14. The lowest BCUT2D eigenvalue weighted by Crippen LogP contribution is -2.52. The number of ether oxygens (including phenoxy) is 1. The van der Waals surface area contributed by atoms with Crippen LogP contribution >= 0.6 is 0 Å². The van der Waals surface area contributed by atoms with Gasteiger partial charge in [-0.05, 0) is 48.9 Å². The van der Waals surface area contributed by atoms with Crippen molar-refractivity contribution in [2.24, 2.45) is 5.92 Å². The van der Waals surface area contributed by atoms with Gasteiger partial charge in [0, 0.05) is 13.1 Å².